The predicted octanol–water partition coefficient (Wildman–Crippen LogP) is 6.30. The van der Waals surface area contributed by atoms with Crippen LogP contribution in [-0.2, 0) is 32.6 Å². The molecule has 0 spiro atoms. The Morgan fingerprint density at radius 2 is 1.42 bits per heavy atom. The van der Waals surface area contributed by atoms with Gasteiger partial charge in [-0.2, -0.15) is 0 Å². The Labute approximate surface area is 272 Å². The molecule has 10 heteroatoms. The van der Waals surface area contributed by atoms with Crippen molar-refractivity contribution in [1.82, 2.24) is 10.2 Å². The summed E-state index contributed by atoms with van der Waals surface area (Å²) >= 11 is 8.66. The van der Waals surface area contributed by atoms with E-state index in [-0.39, 0.29) is 29.8 Å². The molecule has 4 aromatic rings. The Hall–Kier alpha value is -3.41. The summed E-state index contributed by atoms with van der Waals surface area (Å²) in [5.41, 5.74) is 1.83. The molecule has 1 atom stereocenters. The molecule has 43 heavy (non-hydrogen) atoms. The Kier molecular flexibility index (Phi) is 11.2. The number of benzene rings is 4. The van der Waals surface area contributed by atoms with E-state index in [9.17, 15) is 18.0 Å². The minimum absolute atomic E-state index is 0.00738. The lowest BCUT2D eigenvalue weighted by Crippen LogP contribution is -2.54. The molecule has 0 radical (unpaired) electrons. The second kappa shape index (κ2) is 14.9. The molecule has 0 aliphatic rings. The number of amides is 2. The molecule has 0 aromatic heterocycles. The molecule has 0 saturated carbocycles. The fraction of sp³-hybridized carbons (Fsp3) is 0.212. The molecule has 4 aromatic carbocycles. The molecule has 224 valence electrons. The number of hydrogen-bond donors (Lipinski definition) is 1. The van der Waals surface area contributed by atoms with Gasteiger partial charge in [-0.05, 0) is 90.0 Å². The third-order valence-electron chi connectivity index (χ3n) is 6.73. The summed E-state index contributed by atoms with van der Waals surface area (Å²) in [5.74, 6) is -0.885. The molecule has 0 fully saturated rings. The maximum atomic E-state index is 14.4. The number of carbonyl (C=O) groups excluding carboxylic acids is 2. The zero-order valence-corrected chi connectivity index (χ0v) is 27.6. The largest absolute Gasteiger partial charge is 0.352 e. The number of rotatable bonds is 12. The molecule has 0 unspecified atom stereocenters. The molecule has 4 rings (SSSR count). The number of hydrogen-bond acceptors (Lipinski definition) is 4. The van der Waals surface area contributed by atoms with Crippen LogP contribution in [0.15, 0.2) is 114 Å². The van der Waals surface area contributed by atoms with E-state index in [1.807, 2.05) is 50.2 Å². The standard InChI is InChI=1S/C33H33ClIN3O4S/c1-24(2)36-33(40)31(21-25-11-5-3-6-12-25)37(22-26-13-9-10-16-30(26)34)32(39)23-38(28-19-17-27(35)18-20-28)43(41,42)29-14-7-4-8-15-29/h3-20,24,31H,21-23H2,1-2H3,(H,36,40)/t31-/m0/s1. The van der Waals surface area contributed by atoms with Gasteiger partial charge in [0.25, 0.3) is 10.0 Å². The van der Waals surface area contributed by atoms with Crippen LogP contribution in [0.4, 0.5) is 5.69 Å². The van der Waals surface area contributed by atoms with Gasteiger partial charge < -0.3 is 10.2 Å². The summed E-state index contributed by atoms with van der Waals surface area (Å²) in [6, 6.07) is 30.3. The molecular formula is C33H33ClIN3O4S. The highest BCUT2D eigenvalue weighted by atomic mass is 127. The lowest BCUT2D eigenvalue weighted by atomic mass is 10.0. The van der Waals surface area contributed by atoms with E-state index < -0.39 is 28.5 Å². The van der Waals surface area contributed by atoms with Crippen LogP contribution in [0.3, 0.4) is 0 Å². The van der Waals surface area contributed by atoms with Crippen molar-refractivity contribution in [1.29, 1.82) is 0 Å². The third kappa shape index (κ3) is 8.58. The molecule has 7 nitrogen and oxygen atoms in total. The van der Waals surface area contributed by atoms with Crippen LogP contribution in [0.2, 0.25) is 5.02 Å². The van der Waals surface area contributed by atoms with Gasteiger partial charge in [-0.3, -0.25) is 13.9 Å². The Morgan fingerprint density at radius 3 is 2.02 bits per heavy atom. The number of nitrogens with zero attached hydrogens (tertiary/aromatic N) is 2. The summed E-state index contributed by atoms with van der Waals surface area (Å²) < 4.78 is 30.0. The third-order valence-corrected chi connectivity index (χ3v) is 9.60. The highest BCUT2D eigenvalue weighted by Gasteiger charge is 2.35. The van der Waals surface area contributed by atoms with Crippen LogP contribution in [0.5, 0.6) is 0 Å². The van der Waals surface area contributed by atoms with Crippen LogP contribution in [0.1, 0.15) is 25.0 Å². The lowest BCUT2D eigenvalue weighted by molar-refractivity contribution is -0.140. The highest BCUT2D eigenvalue weighted by Crippen LogP contribution is 2.26. The van der Waals surface area contributed by atoms with Crippen molar-refractivity contribution in [2.24, 2.45) is 0 Å². The van der Waals surface area contributed by atoms with Crippen LogP contribution >= 0.6 is 34.2 Å². The minimum Gasteiger partial charge on any atom is -0.352 e. The van der Waals surface area contributed by atoms with Crippen molar-refractivity contribution in [3.8, 4) is 0 Å². The van der Waals surface area contributed by atoms with Gasteiger partial charge in [0.05, 0.1) is 10.6 Å². The number of carbonyl (C=O) groups is 2. The van der Waals surface area contributed by atoms with Crippen molar-refractivity contribution < 1.29 is 18.0 Å². The van der Waals surface area contributed by atoms with E-state index in [1.165, 1.54) is 17.0 Å². The fourth-order valence-electron chi connectivity index (χ4n) is 4.60. The first-order valence-electron chi connectivity index (χ1n) is 13.8. The van der Waals surface area contributed by atoms with Crippen LogP contribution in [0.25, 0.3) is 0 Å². The van der Waals surface area contributed by atoms with Gasteiger partial charge in [-0.25, -0.2) is 8.42 Å². The molecule has 0 aliphatic carbocycles. The lowest BCUT2D eigenvalue weighted by Gasteiger charge is -2.34. The Bertz CT molecular complexity index is 1640. The van der Waals surface area contributed by atoms with Gasteiger partial charge in [0.2, 0.25) is 11.8 Å². The van der Waals surface area contributed by atoms with E-state index in [0.717, 1.165) is 13.4 Å². The van der Waals surface area contributed by atoms with E-state index in [1.54, 1.807) is 60.7 Å². The molecule has 2 amide bonds. The first-order chi connectivity index (χ1) is 20.6. The summed E-state index contributed by atoms with van der Waals surface area (Å²) in [6.45, 7) is 3.18. The quantitative estimate of drug-likeness (QED) is 0.174. The zero-order valence-electron chi connectivity index (χ0n) is 23.9. The fourth-order valence-corrected chi connectivity index (χ4v) is 6.59. The Morgan fingerprint density at radius 1 is 0.837 bits per heavy atom. The van der Waals surface area contributed by atoms with E-state index in [2.05, 4.69) is 27.9 Å². The second-order valence-electron chi connectivity index (χ2n) is 10.3. The van der Waals surface area contributed by atoms with Gasteiger partial charge in [0, 0.05) is 27.6 Å². The molecule has 1 N–H and O–H groups in total. The number of nitrogens with one attached hydrogen (secondary N) is 1. The van der Waals surface area contributed by atoms with E-state index in [0.29, 0.717) is 16.3 Å². The topological polar surface area (TPSA) is 86.8 Å². The smallest absolute Gasteiger partial charge is 0.264 e. The number of anilines is 1. The molecule has 0 aliphatic heterocycles. The van der Waals surface area contributed by atoms with Gasteiger partial charge in [-0.15, -0.1) is 0 Å². The van der Waals surface area contributed by atoms with Crippen molar-refractivity contribution in [3.05, 3.63) is 129 Å². The molecule has 0 saturated heterocycles. The van der Waals surface area contributed by atoms with Gasteiger partial charge in [-0.1, -0.05) is 78.3 Å². The summed E-state index contributed by atoms with van der Waals surface area (Å²) in [5, 5.41) is 3.39. The normalized spacial score (nSPS) is 12.0. The molecule has 0 heterocycles. The number of halogens is 2. The summed E-state index contributed by atoms with van der Waals surface area (Å²) in [4.78, 5) is 29.6. The average Bonchev–Trinajstić information content (AvgIpc) is 2.99. The summed E-state index contributed by atoms with van der Waals surface area (Å²) in [6.07, 6.45) is 0.227. The molecular weight excluding hydrogens is 697 g/mol. The SMILES string of the molecule is CC(C)NC(=O)[C@H](Cc1ccccc1)N(Cc1ccccc1Cl)C(=O)CN(c1ccc(I)cc1)S(=O)(=O)c1ccccc1. The first-order valence-corrected chi connectivity index (χ1v) is 16.7. The molecule has 0 bridgehead atoms. The van der Waals surface area contributed by atoms with Crippen LogP contribution in [-0.4, -0.2) is 43.8 Å². The Balaban J connectivity index is 1.80. The van der Waals surface area contributed by atoms with E-state index in [4.69, 9.17) is 11.6 Å². The minimum atomic E-state index is -4.14. The predicted molar refractivity (Wildman–Crippen MR) is 179 cm³/mol. The van der Waals surface area contributed by atoms with Crippen molar-refractivity contribution in [3.63, 3.8) is 0 Å². The average molecular weight is 730 g/mol. The van der Waals surface area contributed by atoms with Crippen molar-refractivity contribution in [2.75, 3.05) is 10.8 Å². The first kappa shape index (κ1) is 32.5. The van der Waals surface area contributed by atoms with Crippen LogP contribution < -0.4 is 9.62 Å². The maximum absolute atomic E-state index is 14.4. The second-order valence-corrected chi connectivity index (χ2v) is 13.8. The van der Waals surface area contributed by atoms with Gasteiger partial charge >= 0.3 is 0 Å². The van der Waals surface area contributed by atoms with E-state index >= 15 is 0 Å². The van der Waals surface area contributed by atoms with Gasteiger partial charge in [0.15, 0.2) is 0 Å². The van der Waals surface area contributed by atoms with Crippen molar-refractivity contribution >= 4 is 61.7 Å². The monoisotopic (exact) mass is 729 g/mol. The van der Waals surface area contributed by atoms with Crippen molar-refractivity contribution in [2.45, 2.75) is 43.8 Å². The highest BCUT2D eigenvalue weighted by molar-refractivity contribution is 14.1. The number of sulfonamides is 1. The maximum Gasteiger partial charge on any atom is 0.264 e. The van der Waals surface area contributed by atoms with Crippen LogP contribution in [0, 0.1) is 3.57 Å². The summed E-state index contributed by atoms with van der Waals surface area (Å²) in [7, 11) is -4.14. The van der Waals surface area contributed by atoms with Gasteiger partial charge in [0.1, 0.15) is 12.6 Å². The zero-order chi connectivity index (χ0) is 31.0.